The number of nitrogens with zero attached hydrogens (tertiary/aromatic N) is 1. The second kappa shape index (κ2) is 4.63. The van der Waals surface area contributed by atoms with Crippen molar-refractivity contribution in [3.05, 3.63) is 0 Å². The fraction of sp³-hybridized carbons (Fsp3) is 0.938. The first-order valence-corrected chi connectivity index (χ1v) is 7.81. The highest BCUT2D eigenvalue weighted by molar-refractivity contribution is 5.88. The van der Waals surface area contributed by atoms with E-state index < -0.39 is 0 Å². The number of piperidine rings is 1. The summed E-state index contributed by atoms with van der Waals surface area (Å²) in [6.45, 7) is 7.83. The zero-order chi connectivity index (χ0) is 12.8. The number of fused-ring (bicyclic) bond motifs is 2. The molecule has 0 N–H and O–H groups in total. The van der Waals surface area contributed by atoms with Gasteiger partial charge in [-0.25, -0.2) is 0 Å². The molecule has 3 rings (SSSR count). The van der Waals surface area contributed by atoms with Crippen molar-refractivity contribution in [1.82, 2.24) is 4.90 Å². The predicted molar refractivity (Wildman–Crippen MR) is 73.4 cm³/mol. The van der Waals surface area contributed by atoms with Crippen LogP contribution in [0.4, 0.5) is 0 Å². The van der Waals surface area contributed by atoms with Crippen LogP contribution in [0.25, 0.3) is 0 Å². The molecule has 2 bridgehead atoms. The van der Waals surface area contributed by atoms with Gasteiger partial charge in [0.1, 0.15) is 5.78 Å². The molecule has 1 heterocycles. The van der Waals surface area contributed by atoms with Crippen LogP contribution in [-0.2, 0) is 4.79 Å². The largest absolute Gasteiger partial charge is 0.302 e. The van der Waals surface area contributed by atoms with Crippen LogP contribution in [0.2, 0.25) is 0 Å². The summed E-state index contributed by atoms with van der Waals surface area (Å²) in [6.07, 6.45) is 7.97. The van der Waals surface area contributed by atoms with Crippen LogP contribution in [0.15, 0.2) is 0 Å². The molecule has 18 heavy (non-hydrogen) atoms. The van der Waals surface area contributed by atoms with E-state index in [0.717, 1.165) is 31.2 Å². The molecule has 3 atom stereocenters. The average molecular weight is 249 g/mol. The van der Waals surface area contributed by atoms with Gasteiger partial charge in [0.2, 0.25) is 0 Å². The minimum Gasteiger partial charge on any atom is -0.302 e. The van der Waals surface area contributed by atoms with Crippen LogP contribution in [0.3, 0.4) is 0 Å². The van der Waals surface area contributed by atoms with Crippen molar-refractivity contribution in [3.8, 4) is 0 Å². The highest BCUT2D eigenvalue weighted by Crippen LogP contribution is 2.39. The number of ketones is 1. The van der Waals surface area contributed by atoms with Crippen LogP contribution in [0.1, 0.15) is 52.4 Å². The Morgan fingerprint density at radius 2 is 1.83 bits per heavy atom. The highest BCUT2D eigenvalue weighted by atomic mass is 16.1. The maximum atomic E-state index is 12.3. The average Bonchev–Trinajstić information content (AvgIpc) is 2.56. The third kappa shape index (κ3) is 2.36. The van der Waals surface area contributed by atoms with Crippen molar-refractivity contribution < 1.29 is 4.79 Å². The van der Waals surface area contributed by atoms with Gasteiger partial charge in [0, 0.05) is 31.0 Å². The summed E-state index contributed by atoms with van der Waals surface area (Å²) in [6, 6.07) is 0. The van der Waals surface area contributed by atoms with Crippen molar-refractivity contribution in [1.29, 1.82) is 0 Å². The van der Waals surface area contributed by atoms with Gasteiger partial charge in [-0.3, -0.25) is 4.79 Å². The molecule has 3 aliphatic rings. The fourth-order valence-corrected chi connectivity index (χ4v) is 4.52. The highest BCUT2D eigenvalue weighted by Gasteiger charge is 2.41. The molecule has 0 amide bonds. The molecule has 0 aromatic heterocycles. The summed E-state index contributed by atoms with van der Waals surface area (Å²) in [5.74, 6) is 2.72. The molecule has 3 fully saturated rings. The molecule has 0 aromatic carbocycles. The van der Waals surface area contributed by atoms with Crippen molar-refractivity contribution >= 4 is 5.78 Å². The molecule has 2 saturated carbocycles. The number of hydrogen-bond donors (Lipinski definition) is 0. The molecule has 0 radical (unpaired) electrons. The van der Waals surface area contributed by atoms with Gasteiger partial charge < -0.3 is 4.90 Å². The molecule has 102 valence electrons. The van der Waals surface area contributed by atoms with Crippen LogP contribution >= 0.6 is 0 Å². The van der Waals surface area contributed by atoms with Crippen molar-refractivity contribution in [2.45, 2.75) is 52.4 Å². The number of likely N-dealkylation sites (tertiary alicyclic amines) is 1. The van der Waals surface area contributed by atoms with Gasteiger partial charge in [0.25, 0.3) is 0 Å². The Hall–Kier alpha value is -0.370. The van der Waals surface area contributed by atoms with Crippen LogP contribution in [0, 0.1) is 23.2 Å². The molecular formula is C16H27NO. The van der Waals surface area contributed by atoms with E-state index in [-0.39, 0.29) is 5.41 Å². The van der Waals surface area contributed by atoms with Gasteiger partial charge in [0.15, 0.2) is 0 Å². The minimum atomic E-state index is -0.0453. The summed E-state index contributed by atoms with van der Waals surface area (Å²) >= 11 is 0. The van der Waals surface area contributed by atoms with Crippen LogP contribution in [-0.4, -0.2) is 30.3 Å². The van der Waals surface area contributed by atoms with Crippen molar-refractivity contribution in [2.75, 3.05) is 19.6 Å². The van der Waals surface area contributed by atoms with E-state index in [2.05, 4.69) is 18.7 Å². The Morgan fingerprint density at radius 1 is 1.17 bits per heavy atom. The minimum absolute atomic E-state index is 0.0453. The first-order chi connectivity index (χ1) is 8.54. The van der Waals surface area contributed by atoms with Crippen LogP contribution < -0.4 is 0 Å². The lowest BCUT2D eigenvalue weighted by Crippen LogP contribution is -2.45. The Morgan fingerprint density at radius 3 is 2.39 bits per heavy atom. The van der Waals surface area contributed by atoms with Gasteiger partial charge >= 0.3 is 0 Å². The Bertz CT molecular complexity index is 324. The molecule has 2 nitrogen and oxygen atoms in total. The quantitative estimate of drug-likeness (QED) is 0.749. The van der Waals surface area contributed by atoms with Gasteiger partial charge in [-0.2, -0.15) is 0 Å². The summed E-state index contributed by atoms with van der Waals surface area (Å²) in [4.78, 5) is 14.9. The predicted octanol–water partition coefficient (Wildman–Crippen LogP) is 3.11. The summed E-state index contributed by atoms with van der Waals surface area (Å²) in [7, 11) is 0. The molecular weight excluding hydrogens is 222 g/mol. The summed E-state index contributed by atoms with van der Waals surface area (Å²) in [5.41, 5.74) is -0.0453. The van der Waals surface area contributed by atoms with Crippen molar-refractivity contribution in [2.24, 2.45) is 23.2 Å². The molecule has 2 aliphatic carbocycles. The Kier molecular flexibility index (Phi) is 3.25. The third-order valence-corrected chi connectivity index (χ3v) is 5.56. The lowest BCUT2D eigenvalue weighted by Gasteiger charge is -2.42. The topological polar surface area (TPSA) is 20.3 Å². The van der Waals surface area contributed by atoms with Gasteiger partial charge in [-0.15, -0.1) is 0 Å². The fourth-order valence-electron chi connectivity index (χ4n) is 4.52. The molecule has 1 aliphatic heterocycles. The third-order valence-electron chi connectivity index (χ3n) is 5.56. The lowest BCUT2D eigenvalue weighted by molar-refractivity contribution is -0.128. The second-order valence-corrected chi connectivity index (χ2v) is 7.60. The van der Waals surface area contributed by atoms with E-state index in [1.165, 1.54) is 38.8 Å². The van der Waals surface area contributed by atoms with E-state index in [4.69, 9.17) is 0 Å². The molecule has 0 aromatic rings. The SMILES string of the molecule is CC1(C)CCC(CN2CC3CCCC(C3)C2)C1=O. The number of rotatable bonds is 2. The van der Waals surface area contributed by atoms with E-state index in [9.17, 15) is 4.79 Å². The first-order valence-electron chi connectivity index (χ1n) is 7.81. The number of carbonyl (C=O) groups is 1. The maximum absolute atomic E-state index is 12.3. The normalized spacial score (nSPS) is 40.1. The standard InChI is InChI=1S/C16H27NO/c1-16(2)7-6-14(15(16)18)11-17-9-12-4-3-5-13(8-12)10-17/h12-14H,3-11H2,1-2H3. The van der Waals surface area contributed by atoms with E-state index in [1.54, 1.807) is 0 Å². The zero-order valence-electron chi connectivity index (χ0n) is 12.0. The molecule has 1 saturated heterocycles. The Balaban J connectivity index is 1.59. The summed E-state index contributed by atoms with van der Waals surface area (Å²) in [5, 5.41) is 0. The molecule has 3 unspecified atom stereocenters. The Labute approximate surface area is 111 Å². The van der Waals surface area contributed by atoms with Crippen LogP contribution in [0.5, 0.6) is 0 Å². The van der Waals surface area contributed by atoms with E-state index >= 15 is 0 Å². The first kappa shape index (κ1) is 12.7. The number of Topliss-reactive ketones (excluding diaryl/α,β-unsaturated/α-hetero) is 1. The number of hydrogen-bond acceptors (Lipinski definition) is 2. The summed E-state index contributed by atoms with van der Waals surface area (Å²) < 4.78 is 0. The number of carbonyl (C=O) groups excluding carboxylic acids is 1. The lowest BCUT2D eigenvalue weighted by atomic mass is 9.77. The molecule has 0 spiro atoms. The molecule has 2 heteroatoms. The van der Waals surface area contributed by atoms with E-state index in [1.807, 2.05) is 0 Å². The zero-order valence-corrected chi connectivity index (χ0v) is 12.0. The monoisotopic (exact) mass is 249 g/mol. The van der Waals surface area contributed by atoms with Gasteiger partial charge in [-0.05, 0) is 43.9 Å². The van der Waals surface area contributed by atoms with Crippen molar-refractivity contribution in [3.63, 3.8) is 0 Å². The smallest absolute Gasteiger partial charge is 0.142 e. The maximum Gasteiger partial charge on any atom is 0.142 e. The van der Waals surface area contributed by atoms with E-state index in [0.29, 0.717) is 11.7 Å². The second-order valence-electron chi connectivity index (χ2n) is 7.60. The van der Waals surface area contributed by atoms with Gasteiger partial charge in [0.05, 0.1) is 0 Å². The van der Waals surface area contributed by atoms with Gasteiger partial charge in [-0.1, -0.05) is 20.3 Å².